The average Bonchev–Trinajstić information content (AvgIpc) is 2.01. The van der Waals surface area contributed by atoms with E-state index >= 15 is 0 Å². The molecule has 2 atom stereocenters. The van der Waals surface area contributed by atoms with Crippen LogP contribution >= 0.6 is 0 Å². The van der Waals surface area contributed by atoms with Crippen molar-refractivity contribution in [3.8, 4) is 0 Å². The Kier molecular flexibility index (Phi) is 2.95. The maximum atomic E-state index is 11.9. The fourth-order valence-electron chi connectivity index (χ4n) is 1.61. The van der Waals surface area contributed by atoms with Gasteiger partial charge in [-0.3, -0.25) is 9.59 Å². The van der Waals surface area contributed by atoms with Crippen LogP contribution in [-0.2, 0) is 9.59 Å². The summed E-state index contributed by atoms with van der Waals surface area (Å²) in [6.07, 6.45) is 0.679. The summed E-state index contributed by atoms with van der Waals surface area (Å²) in [5.74, 6) is -0.949. The number of nitrogens with one attached hydrogen (secondary N) is 1. The van der Waals surface area contributed by atoms with Crippen molar-refractivity contribution in [3.63, 3.8) is 0 Å². The second-order valence-corrected chi connectivity index (χ2v) is 4.84. The molecule has 1 rings (SSSR count). The van der Waals surface area contributed by atoms with Crippen LogP contribution in [0.1, 0.15) is 27.2 Å². The Hall–Kier alpha value is -0.900. The number of carbonyl (C=O) groups is 2. The quantitative estimate of drug-likeness (QED) is 0.585. The lowest BCUT2D eigenvalue weighted by atomic mass is 9.77. The Morgan fingerprint density at radius 3 is 2.50 bits per heavy atom. The van der Waals surface area contributed by atoms with Gasteiger partial charge in [-0.15, -0.1) is 0 Å². The Balaban J connectivity index is 2.83. The first-order chi connectivity index (χ1) is 6.34. The van der Waals surface area contributed by atoms with Gasteiger partial charge in [0.15, 0.2) is 5.78 Å². The van der Waals surface area contributed by atoms with Gasteiger partial charge in [0, 0.05) is 18.0 Å². The van der Waals surface area contributed by atoms with Crippen molar-refractivity contribution in [1.82, 2.24) is 5.32 Å². The Bertz CT molecular complexity index is 255. The molecule has 0 bridgehead atoms. The zero-order valence-electron chi connectivity index (χ0n) is 8.96. The van der Waals surface area contributed by atoms with Crippen molar-refractivity contribution in [2.45, 2.75) is 33.2 Å². The molecular formula is C10H18N2O2. The molecule has 0 aliphatic carbocycles. The lowest BCUT2D eigenvalue weighted by Crippen LogP contribution is -2.54. The highest BCUT2D eigenvalue weighted by molar-refractivity contribution is 6.04. The van der Waals surface area contributed by atoms with Gasteiger partial charge in [0.05, 0.1) is 0 Å². The molecule has 1 aliphatic rings. The van der Waals surface area contributed by atoms with Crippen LogP contribution in [0.15, 0.2) is 0 Å². The second kappa shape index (κ2) is 3.69. The van der Waals surface area contributed by atoms with Gasteiger partial charge in [-0.2, -0.15) is 0 Å². The first kappa shape index (κ1) is 11.2. The zero-order valence-corrected chi connectivity index (χ0v) is 8.96. The summed E-state index contributed by atoms with van der Waals surface area (Å²) in [5, 5.41) is 2.68. The fraction of sp³-hybridized carbons (Fsp3) is 0.800. The molecule has 2 unspecified atom stereocenters. The molecule has 1 aliphatic heterocycles. The number of hydrogen-bond acceptors (Lipinski definition) is 3. The highest BCUT2D eigenvalue weighted by Crippen LogP contribution is 2.24. The van der Waals surface area contributed by atoms with Crippen LogP contribution in [-0.4, -0.2) is 24.3 Å². The monoisotopic (exact) mass is 198 g/mol. The van der Waals surface area contributed by atoms with Crippen molar-refractivity contribution in [3.05, 3.63) is 0 Å². The number of Topliss-reactive ketones (excluding diaryl/α,β-unsaturated/α-hetero) is 1. The van der Waals surface area contributed by atoms with E-state index in [1.165, 1.54) is 0 Å². The van der Waals surface area contributed by atoms with Gasteiger partial charge < -0.3 is 11.1 Å². The van der Waals surface area contributed by atoms with E-state index in [-0.39, 0.29) is 17.7 Å². The molecule has 14 heavy (non-hydrogen) atoms. The molecule has 4 nitrogen and oxygen atoms in total. The minimum absolute atomic E-state index is 0.0674. The molecule has 3 N–H and O–H groups in total. The molecule has 0 saturated carbocycles. The lowest BCUT2D eigenvalue weighted by molar-refractivity contribution is -0.140. The Morgan fingerprint density at radius 2 is 2.07 bits per heavy atom. The van der Waals surface area contributed by atoms with E-state index in [1.807, 2.05) is 20.8 Å². The van der Waals surface area contributed by atoms with Crippen LogP contribution in [0.5, 0.6) is 0 Å². The van der Waals surface area contributed by atoms with Crippen molar-refractivity contribution < 1.29 is 9.59 Å². The van der Waals surface area contributed by atoms with Crippen LogP contribution in [0.4, 0.5) is 0 Å². The molecular weight excluding hydrogens is 180 g/mol. The fourth-order valence-corrected chi connectivity index (χ4v) is 1.61. The Morgan fingerprint density at radius 1 is 1.50 bits per heavy atom. The number of amides is 1. The normalized spacial score (nSPS) is 28.4. The highest BCUT2D eigenvalue weighted by atomic mass is 16.2. The number of hydrogen-bond donors (Lipinski definition) is 2. The van der Waals surface area contributed by atoms with Crippen LogP contribution < -0.4 is 11.1 Å². The van der Waals surface area contributed by atoms with E-state index in [1.54, 1.807) is 0 Å². The van der Waals surface area contributed by atoms with Crippen molar-refractivity contribution >= 4 is 11.7 Å². The molecule has 1 saturated heterocycles. The summed E-state index contributed by atoms with van der Waals surface area (Å²) >= 11 is 0. The Labute approximate surface area is 84.2 Å². The summed E-state index contributed by atoms with van der Waals surface area (Å²) in [4.78, 5) is 23.4. The number of carbonyl (C=O) groups excluding carboxylic acids is 2. The summed E-state index contributed by atoms with van der Waals surface area (Å²) in [6.45, 7) is 6.01. The number of nitrogens with two attached hydrogens (primary N) is 1. The van der Waals surface area contributed by atoms with Gasteiger partial charge >= 0.3 is 0 Å². The minimum atomic E-state index is -0.663. The standard InChI is InChI=1S/C10H18N2O2/c1-10(2,3)8(13)7-6(11)4-5-12-9(7)14/h6-7H,4-5,11H2,1-3H3,(H,12,14). The van der Waals surface area contributed by atoms with E-state index in [2.05, 4.69) is 5.32 Å². The highest BCUT2D eigenvalue weighted by Gasteiger charge is 2.40. The number of rotatable bonds is 1. The molecule has 0 aromatic carbocycles. The maximum absolute atomic E-state index is 11.9. The largest absolute Gasteiger partial charge is 0.355 e. The van der Waals surface area contributed by atoms with E-state index in [4.69, 9.17) is 5.73 Å². The summed E-state index contributed by atoms with van der Waals surface area (Å²) in [6, 6.07) is -0.324. The first-order valence-corrected chi connectivity index (χ1v) is 4.91. The molecule has 0 aromatic rings. The molecule has 1 fully saturated rings. The number of piperidine rings is 1. The van der Waals surface area contributed by atoms with Gasteiger partial charge in [0.2, 0.25) is 5.91 Å². The molecule has 1 heterocycles. The predicted molar refractivity (Wildman–Crippen MR) is 53.6 cm³/mol. The van der Waals surface area contributed by atoms with Crippen molar-refractivity contribution in [1.29, 1.82) is 0 Å². The maximum Gasteiger partial charge on any atom is 0.232 e. The molecule has 0 aromatic heterocycles. The van der Waals surface area contributed by atoms with E-state index in [9.17, 15) is 9.59 Å². The molecule has 80 valence electrons. The number of ketones is 1. The molecule has 0 spiro atoms. The average molecular weight is 198 g/mol. The molecule has 4 heteroatoms. The summed E-state index contributed by atoms with van der Waals surface area (Å²) < 4.78 is 0. The van der Waals surface area contributed by atoms with Gasteiger partial charge in [-0.1, -0.05) is 20.8 Å². The van der Waals surface area contributed by atoms with Crippen LogP contribution in [0.2, 0.25) is 0 Å². The topological polar surface area (TPSA) is 72.2 Å². The van der Waals surface area contributed by atoms with Crippen LogP contribution in [0.3, 0.4) is 0 Å². The van der Waals surface area contributed by atoms with Crippen molar-refractivity contribution in [2.24, 2.45) is 17.1 Å². The molecule has 1 amide bonds. The minimum Gasteiger partial charge on any atom is -0.355 e. The lowest BCUT2D eigenvalue weighted by Gasteiger charge is -2.31. The van der Waals surface area contributed by atoms with Gasteiger partial charge in [-0.25, -0.2) is 0 Å². The van der Waals surface area contributed by atoms with Crippen molar-refractivity contribution in [2.75, 3.05) is 6.54 Å². The van der Waals surface area contributed by atoms with Crippen LogP contribution in [0, 0.1) is 11.3 Å². The zero-order chi connectivity index (χ0) is 10.9. The van der Waals surface area contributed by atoms with Gasteiger partial charge in [0.25, 0.3) is 0 Å². The third-order valence-electron chi connectivity index (χ3n) is 2.51. The summed E-state index contributed by atoms with van der Waals surface area (Å²) in [5.41, 5.74) is 5.28. The molecule has 0 radical (unpaired) electrons. The van der Waals surface area contributed by atoms with Crippen LogP contribution in [0.25, 0.3) is 0 Å². The van der Waals surface area contributed by atoms with E-state index in [0.717, 1.165) is 0 Å². The smallest absolute Gasteiger partial charge is 0.232 e. The predicted octanol–water partition coefficient (Wildman–Crippen LogP) is 0.0650. The third kappa shape index (κ3) is 2.12. The van der Waals surface area contributed by atoms with E-state index < -0.39 is 11.3 Å². The van der Waals surface area contributed by atoms with E-state index in [0.29, 0.717) is 13.0 Å². The summed E-state index contributed by atoms with van der Waals surface area (Å²) in [7, 11) is 0. The van der Waals surface area contributed by atoms with Gasteiger partial charge in [0.1, 0.15) is 5.92 Å². The SMILES string of the molecule is CC(C)(C)C(=O)C1C(=O)NCCC1N. The second-order valence-electron chi connectivity index (χ2n) is 4.84. The third-order valence-corrected chi connectivity index (χ3v) is 2.51. The van der Waals surface area contributed by atoms with Gasteiger partial charge in [-0.05, 0) is 6.42 Å². The first-order valence-electron chi connectivity index (χ1n) is 4.91.